The van der Waals surface area contributed by atoms with Crippen LogP contribution in [0.4, 0.5) is 0 Å². The number of nitrogens with two attached hydrogens (primary N) is 2. The molecule has 0 saturated carbocycles. The van der Waals surface area contributed by atoms with Gasteiger partial charge in [-0.1, -0.05) is 18.8 Å². The number of amides is 4. The van der Waals surface area contributed by atoms with Crippen molar-refractivity contribution in [1.82, 2.24) is 14.7 Å². The molecule has 4 amide bonds. The van der Waals surface area contributed by atoms with Crippen LogP contribution in [0.2, 0.25) is 0 Å². The number of nitrogens with zero attached hydrogens (tertiary/aromatic N) is 3. The Morgan fingerprint density at radius 2 is 1.31 bits per heavy atom. The summed E-state index contributed by atoms with van der Waals surface area (Å²) in [5.41, 5.74) is 10.4. The Kier molecular flexibility index (Phi) is 10.9. The number of hydrogen-bond acceptors (Lipinski definition) is 5. The molecule has 142 valence electrons. The molecular weight excluding hydrogens is 338 g/mol. The van der Waals surface area contributed by atoms with Gasteiger partial charge in [-0.05, 0) is 6.42 Å². The van der Waals surface area contributed by atoms with E-state index in [1.165, 1.54) is 4.90 Å². The zero-order valence-corrected chi connectivity index (χ0v) is 14.9. The van der Waals surface area contributed by atoms with Gasteiger partial charge in [-0.25, -0.2) is 0 Å². The molecule has 0 aliphatic rings. The van der Waals surface area contributed by atoms with Crippen LogP contribution >= 0.6 is 0 Å². The van der Waals surface area contributed by atoms with E-state index in [2.05, 4.69) is 11.8 Å². The second-order valence-corrected chi connectivity index (χ2v) is 5.39. The molecule has 0 fully saturated rings. The summed E-state index contributed by atoms with van der Waals surface area (Å²) >= 11 is 0. The Bertz CT molecular complexity index is 605. The van der Waals surface area contributed by atoms with Gasteiger partial charge in [0.1, 0.15) is 13.1 Å². The highest BCUT2D eigenvalue weighted by molar-refractivity contribution is 5.90. The molecule has 0 aromatic heterocycles. The second-order valence-electron chi connectivity index (χ2n) is 5.39. The lowest BCUT2D eigenvalue weighted by atomic mass is 10.3. The minimum Gasteiger partial charge on any atom is -0.368 e. The van der Waals surface area contributed by atoms with E-state index in [1.54, 1.807) is 0 Å². The van der Waals surface area contributed by atoms with Crippen LogP contribution in [-0.4, -0.2) is 84.1 Å². The predicted octanol–water partition coefficient (Wildman–Crippen LogP) is -2.41. The Morgan fingerprint density at radius 3 is 1.73 bits per heavy atom. The molecule has 0 radical (unpaired) electrons. The standard InChI is InChI=1S/C17H25N5O4/c1-4-7-20(11-14(19)23)16(25)13-22(9-6-3)17(26)12-21(8-5-2)15(24)10-18/h1-2H,6-13,18H2,3H3,(H2,19,23). The monoisotopic (exact) mass is 363 g/mol. The maximum Gasteiger partial charge on any atom is 0.243 e. The lowest BCUT2D eigenvalue weighted by Gasteiger charge is -2.28. The van der Waals surface area contributed by atoms with Gasteiger partial charge in [0.2, 0.25) is 23.6 Å². The topological polar surface area (TPSA) is 130 Å². The molecule has 9 heteroatoms. The number of carbonyl (C=O) groups excluding carboxylic acids is 4. The number of rotatable bonds is 11. The fourth-order valence-electron chi connectivity index (χ4n) is 2.09. The summed E-state index contributed by atoms with van der Waals surface area (Å²) in [4.78, 5) is 51.2. The van der Waals surface area contributed by atoms with Crippen LogP contribution in [0.3, 0.4) is 0 Å². The van der Waals surface area contributed by atoms with Crippen molar-refractivity contribution in [1.29, 1.82) is 0 Å². The quantitative estimate of drug-likeness (QED) is 0.395. The van der Waals surface area contributed by atoms with E-state index in [0.29, 0.717) is 6.42 Å². The van der Waals surface area contributed by atoms with E-state index in [-0.39, 0.29) is 45.8 Å². The molecule has 4 N–H and O–H groups in total. The first-order chi connectivity index (χ1) is 12.3. The van der Waals surface area contributed by atoms with Gasteiger partial charge in [-0.15, -0.1) is 12.8 Å². The summed E-state index contributed by atoms with van der Waals surface area (Å²) in [6.45, 7) is 0.734. The van der Waals surface area contributed by atoms with Gasteiger partial charge >= 0.3 is 0 Å². The highest BCUT2D eigenvalue weighted by atomic mass is 16.2. The third-order valence-corrected chi connectivity index (χ3v) is 3.29. The minimum atomic E-state index is -0.712. The maximum absolute atomic E-state index is 12.5. The van der Waals surface area contributed by atoms with Crippen LogP contribution in [0.25, 0.3) is 0 Å². The average Bonchev–Trinajstić information content (AvgIpc) is 2.59. The van der Waals surface area contributed by atoms with E-state index < -0.39 is 23.6 Å². The number of hydrogen-bond donors (Lipinski definition) is 2. The molecule has 0 atom stereocenters. The molecule has 0 aliphatic carbocycles. The van der Waals surface area contributed by atoms with Crippen LogP contribution in [0.15, 0.2) is 0 Å². The summed E-state index contributed by atoms with van der Waals surface area (Å²) in [6, 6.07) is 0. The average molecular weight is 363 g/mol. The number of carbonyl (C=O) groups is 4. The number of primary amides is 1. The molecule has 0 spiro atoms. The van der Waals surface area contributed by atoms with Gasteiger partial charge in [0.15, 0.2) is 0 Å². The molecule has 0 rings (SSSR count). The summed E-state index contributed by atoms with van der Waals surface area (Å²) in [5.74, 6) is 2.39. The molecule has 0 unspecified atom stereocenters. The van der Waals surface area contributed by atoms with E-state index in [9.17, 15) is 19.2 Å². The van der Waals surface area contributed by atoms with Crippen LogP contribution < -0.4 is 11.5 Å². The van der Waals surface area contributed by atoms with Crippen molar-refractivity contribution >= 4 is 23.6 Å². The molecule has 0 saturated heterocycles. The molecule has 0 aliphatic heterocycles. The van der Waals surface area contributed by atoms with Crippen LogP contribution in [0, 0.1) is 24.7 Å². The third kappa shape index (κ3) is 8.18. The van der Waals surface area contributed by atoms with Gasteiger partial charge in [-0.2, -0.15) is 0 Å². The van der Waals surface area contributed by atoms with E-state index in [0.717, 1.165) is 9.80 Å². The lowest BCUT2D eigenvalue weighted by molar-refractivity contribution is -0.144. The highest BCUT2D eigenvalue weighted by Gasteiger charge is 2.24. The molecule has 0 aromatic rings. The second kappa shape index (κ2) is 12.3. The molecule has 9 nitrogen and oxygen atoms in total. The number of terminal acetylenes is 2. The first-order valence-electron chi connectivity index (χ1n) is 7.99. The Hall–Kier alpha value is -3.04. The van der Waals surface area contributed by atoms with Crippen molar-refractivity contribution < 1.29 is 19.2 Å². The maximum atomic E-state index is 12.5. The molecular formula is C17H25N5O4. The lowest BCUT2D eigenvalue weighted by Crippen LogP contribution is -2.49. The molecule has 0 aromatic carbocycles. The van der Waals surface area contributed by atoms with Crippen molar-refractivity contribution in [3.05, 3.63) is 0 Å². The van der Waals surface area contributed by atoms with E-state index >= 15 is 0 Å². The fraction of sp³-hybridized carbons (Fsp3) is 0.529. The van der Waals surface area contributed by atoms with Crippen LogP contribution in [0.5, 0.6) is 0 Å². The van der Waals surface area contributed by atoms with Gasteiger partial charge in [0.25, 0.3) is 0 Å². The van der Waals surface area contributed by atoms with Crippen molar-refractivity contribution in [3.8, 4) is 24.7 Å². The Morgan fingerprint density at radius 1 is 0.846 bits per heavy atom. The smallest absolute Gasteiger partial charge is 0.243 e. The zero-order valence-electron chi connectivity index (χ0n) is 14.9. The van der Waals surface area contributed by atoms with E-state index in [4.69, 9.17) is 24.3 Å². The van der Waals surface area contributed by atoms with Crippen molar-refractivity contribution in [2.45, 2.75) is 13.3 Å². The third-order valence-electron chi connectivity index (χ3n) is 3.29. The zero-order chi connectivity index (χ0) is 20.1. The van der Waals surface area contributed by atoms with Crippen LogP contribution in [-0.2, 0) is 19.2 Å². The first-order valence-corrected chi connectivity index (χ1v) is 7.99. The molecule has 0 bridgehead atoms. The highest BCUT2D eigenvalue weighted by Crippen LogP contribution is 2.00. The van der Waals surface area contributed by atoms with Crippen molar-refractivity contribution in [2.75, 3.05) is 45.8 Å². The fourth-order valence-corrected chi connectivity index (χ4v) is 2.09. The van der Waals surface area contributed by atoms with E-state index in [1.807, 2.05) is 6.92 Å². The van der Waals surface area contributed by atoms with Crippen molar-refractivity contribution in [3.63, 3.8) is 0 Å². The summed E-state index contributed by atoms with van der Waals surface area (Å²) in [5, 5.41) is 0. The van der Waals surface area contributed by atoms with Gasteiger partial charge in [-0.3, -0.25) is 19.2 Å². The largest absolute Gasteiger partial charge is 0.368 e. The first kappa shape index (κ1) is 23.0. The predicted molar refractivity (Wildman–Crippen MR) is 95.9 cm³/mol. The van der Waals surface area contributed by atoms with Gasteiger partial charge in [0.05, 0.1) is 26.2 Å². The SMILES string of the molecule is C#CCN(CC(N)=O)C(=O)CN(CCC)C(=O)CN(CC#C)C(=O)CN. The normalized spacial score (nSPS) is 9.54. The van der Waals surface area contributed by atoms with Gasteiger partial charge in [0, 0.05) is 6.54 Å². The minimum absolute atomic E-state index is 0.0689. The van der Waals surface area contributed by atoms with Gasteiger partial charge < -0.3 is 26.2 Å². The summed E-state index contributed by atoms with van der Waals surface area (Å²) in [6.07, 6.45) is 11.0. The molecule has 26 heavy (non-hydrogen) atoms. The Balaban J connectivity index is 5.14. The summed E-state index contributed by atoms with van der Waals surface area (Å²) < 4.78 is 0. The van der Waals surface area contributed by atoms with Crippen molar-refractivity contribution in [2.24, 2.45) is 11.5 Å². The molecule has 0 heterocycles. The van der Waals surface area contributed by atoms with Crippen LogP contribution in [0.1, 0.15) is 13.3 Å². The summed E-state index contributed by atoms with van der Waals surface area (Å²) in [7, 11) is 0. The Labute approximate surface area is 153 Å².